The van der Waals surface area contributed by atoms with E-state index in [1.165, 1.54) is 0 Å². The molecule has 0 amide bonds. The summed E-state index contributed by atoms with van der Waals surface area (Å²) in [5, 5.41) is 0. The van der Waals surface area contributed by atoms with E-state index in [2.05, 4.69) is 31.2 Å². The molecule has 1 aliphatic heterocycles. The summed E-state index contributed by atoms with van der Waals surface area (Å²) in [5.41, 5.74) is 3.11. The van der Waals surface area contributed by atoms with Crippen molar-refractivity contribution in [1.82, 2.24) is 0 Å². The Kier molecular flexibility index (Phi) is 2.36. The van der Waals surface area contributed by atoms with Crippen molar-refractivity contribution in [1.29, 1.82) is 0 Å². The topological polar surface area (TPSA) is 26.3 Å². The molecule has 2 atom stereocenters. The number of hydrogen-bond donors (Lipinski definition) is 0. The molecule has 0 radical (unpaired) electrons. The van der Waals surface area contributed by atoms with Gasteiger partial charge in [0.05, 0.1) is 5.57 Å². The summed E-state index contributed by atoms with van der Waals surface area (Å²) < 4.78 is 5.15. The van der Waals surface area contributed by atoms with E-state index in [-0.39, 0.29) is 17.8 Å². The van der Waals surface area contributed by atoms with Crippen LogP contribution < -0.4 is 0 Å². The van der Waals surface area contributed by atoms with Gasteiger partial charge in [0, 0.05) is 11.8 Å². The van der Waals surface area contributed by atoms with Crippen molar-refractivity contribution < 1.29 is 9.53 Å². The van der Waals surface area contributed by atoms with Crippen LogP contribution in [0.4, 0.5) is 0 Å². The molecule has 0 aromatic heterocycles. The molecule has 1 aliphatic carbocycles. The van der Waals surface area contributed by atoms with E-state index in [1.807, 2.05) is 18.2 Å². The molecule has 2 nitrogen and oxygen atoms in total. The smallest absolute Gasteiger partial charge is 0.335 e. The van der Waals surface area contributed by atoms with Crippen molar-refractivity contribution in [3.8, 4) is 0 Å². The molecule has 0 spiro atoms. The number of rotatable bonds is 1. The molecular weight excluding hydrogens is 212 g/mol. The van der Waals surface area contributed by atoms with Crippen molar-refractivity contribution in [3.05, 3.63) is 53.6 Å². The molecule has 1 fully saturated rings. The molecule has 1 aromatic rings. The predicted octanol–water partition coefficient (Wildman–Crippen LogP) is 2.82. The van der Waals surface area contributed by atoms with Crippen LogP contribution in [0.25, 0.3) is 5.57 Å². The first kappa shape index (κ1) is 10.3. The van der Waals surface area contributed by atoms with Crippen LogP contribution >= 0.6 is 0 Å². The van der Waals surface area contributed by atoms with Crippen molar-refractivity contribution >= 4 is 11.5 Å². The second-order valence-corrected chi connectivity index (χ2v) is 4.57. The second-order valence-electron chi connectivity index (χ2n) is 4.57. The molecule has 0 saturated carbocycles. The van der Waals surface area contributed by atoms with Gasteiger partial charge in [-0.25, -0.2) is 4.79 Å². The maximum Gasteiger partial charge on any atom is 0.335 e. The summed E-state index contributed by atoms with van der Waals surface area (Å²) in [7, 11) is 0. The van der Waals surface area contributed by atoms with Gasteiger partial charge in [0.2, 0.25) is 0 Å². The highest BCUT2D eigenvalue weighted by Gasteiger charge is 2.35. The number of esters is 1. The van der Waals surface area contributed by atoms with Crippen LogP contribution in [0.1, 0.15) is 12.5 Å². The Morgan fingerprint density at radius 3 is 2.65 bits per heavy atom. The summed E-state index contributed by atoms with van der Waals surface area (Å²) in [5.74, 6) is 0.272. The zero-order valence-corrected chi connectivity index (χ0v) is 9.72. The van der Waals surface area contributed by atoms with Crippen LogP contribution in [0.3, 0.4) is 0 Å². The molecule has 0 unspecified atom stereocenters. The summed E-state index contributed by atoms with van der Waals surface area (Å²) >= 11 is 0. The summed E-state index contributed by atoms with van der Waals surface area (Å²) in [6, 6.07) is 10.1. The Balaban J connectivity index is 2.17. The average molecular weight is 226 g/mol. The number of hydrogen-bond acceptors (Lipinski definition) is 2. The molecule has 86 valence electrons. The fourth-order valence-electron chi connectivity index (χ4n) is 2.62. The van der Waals surface area contributed by atoms with Crippen LogP contribution in [-0.2, 0) is 9.53 Å². The quantitative estimate of drug-likeness (QED) is 0.543. The first-order chi connectivity index (χ1) is 8.27. The summed E-state index contributed by atoms with van der Waals surface area (Å²) in [6.07, 6.45) is 4.26. The average Bonchev–Trinajstić information content (AvgIpc) is 2.73. The normalized spacial score (nSPS) is 27.0. The third-order valence-corrected chi connectivity index (χ3v) is 3.45. The zero-order valence-electron chi connectivity index (χ0n) is 9.72. The Morgan fingerprint density at radius 1 is 1.12 bits per heavy atom. The molecule has 1 heterocycles. The second kappa shape index (κ2) is 3.88. The number of carbonyl (C=O) groups excluding carboxylic acids is 1. The van der Waals surface area contributed by atoms with Gasteiger partial charge in [-0.2, -0.15) is 0 Å². The highest BCUT2D eigenvalue weighted by atomic mass is 16.5. The maximum absolute atomic E-state index is 11.8. The highest BCUT2D eigenvalue weighted by molar-refractivity contribution is 6.01. The lowest BCUT2D eigenvalue weighted by Crippen LogP contribution is -2.13. The summed E-state index contributed by atoms with van der Waals surface area (Å²) in [6.45, 7) is 2.61. The van der Waals surface area contributed by atoms with Crippen molar-refractivity contribution in [2.75, 3.05) is 6.61 Å². The molecule has 3 rings (SSSR count). The minimum Gasteiger partial charge on any atom is -0.461 e. The van der Waals surface area contributed by atoms with Crippen LogP contribution in [0.2, 0.25) is 0 Å². The van der Waals surface area contributed by atoms with Crippen LogP contribution in [0.15, 0.2) is 48.1 Å². The molecule has 2 heteroatoms. The van der Waals surface area contributed by atoms with Crippen LogP contribution in [-0.4, -0.2) is 12.6 Å². The minimum absolute atomic E-state index is 0.147. The monoisotopic (exact) mass is 226 g/mol. The lowest BCUT2D eigenvalue weighted by molar-refractivity contribution is -0.135. The highest BCUT2D eigenvalue weighted by Crippen LogP contribution is 2.39. The zero-order chi connectivity index (χ0) is 11.8. The third kappa shape index (κ3) is 1.60. The predicted molar refractivity (Wildman–Crippen MR) is 66.1 cm³/mol. The largest absolute Gasteiger partial charge is 0.461 e. The van der Waals surface area contributed by atoms with E-state index in [0.717, 1.165) is 16.7 Å². The SMILES string of the molecule is C[C@@H]1C=C[C@@H]2COC(=O)C2=C1c1ccccc1. The van der Waals surface area contributed by atoms with Gasteiger partial charge in [-0.15, -0.1) is 0 Å². The Labute approximate surface area is 101 Å². The number of benzene rings is 1. The van der Waals surface area contributed by atoms with Crippen molar-refractivity contribution in [3.63, 3.8) is 0 Å². The maximum atomic E-state index is 11.8. The molecule has 1 aromatic carbocycles. The molecule has 2 aliphatic rings. The van der Waals surface area contributed by atoms with E-state index < -0.39 is 0 Å². The van der Waals surface area contributed by atoms with Crippen molar-refractivity contribution in [2.24, 2.45) is 11.8 Å². The number of fused-ring (bicyclic) bond motifs is 1. The Hall–Kier alpha value is -1.83. The van der Waals surface area contributed by atoms with E-state index >= 15 is 0 Å². The van der Waals surface area contributed by atoms with E-state index in [1.54, 1.807) is 0 Å². The van der Waals surface area contributed by atoms with Gasteiger partial charge in [0.25, 0.3) is 0 Å². The minimum atomic E-state index is -0.148. The first-order valence-corrected chi connectivity index (χ1v) is 5.92. The van der Waals surface area contributed by atoms with Gasteiger partial charge in [-0.3, -0.25) is 0 Å². The van der Waals surface area contributed by atoms with Gasteiger partial charge in [-0.1, -0.05) is 49.4 Å². The molecule has 0 N–H and O–H groups in total. The molecular formula is C15H14O2. The van der Waals surface area contributed by atoms with E-state index in [4.69, 9.17) is 4.74 Å². The first-order valence-electron chi connectivity index (χ1n) is 5.92. The van der Waals surface area contributed by atoms with Gasteiger partial charge >= 0.3 is 5.97 Å². The van der Waals surface area contributed by atoms with Gasteiger partial charge < -0.3 is 4.74 Å². The molecule has 1 saturated heterocycles. The summed E-state index contributed by atoms with van der Waals surface area (Å²) in [4.78, 5) is 11.8. The number of cyclic esters (lactones) is 1. The Bertz CT molecular complexity index is 511. The van der Waals surface area contributed by atoms with E-state index in [9.17, 15) is 4.79 Å². The van der Waals surface area contributed by atoms with Gasteiger partial charge in [-0.05, 0) is 11.1 Å². The van der Waals surface area contributed by atoms with E-state index in [0.29, 0.717) is 6.61 Å². The fraction of sp³-hybridized carbons (Fsp3) is 0.267. The van der Waals surface area contributed by atoms with Crippen molar-refractivity contribution in [2.45, 2.75) is 6.92 Å². The fourth-order valence-corrected chi connectivity index (χ4v) is 2.62. The van der Waals surface area contributed by atoms with Gasteiger partial charge in [0.1, 0.15) is 6.61 Å². The lowest BCUT2D eigenvalue weighted by Gasteiger charge is -2.21. The van der Waals surface area contributed by atoms with Gasteiger partial charge in [0.15, 0.2) is 0 Å². The number of carbonyl (C=O) groups is 1. The molecule has 0 bridgehead atoms. The number of allylic oxidation sites excluding steroid dienone is 2. The Morgan fingerprint density at radius 2 is 1.88 bits per heavy atom. The van der Waals surface area contributed by atoms with Crippen LogP contribution in [0.5, 0.6) is 0 Å². The standard InChI is InChI=1S/C15H14O2/c1-10-7-8-12-9-17-15(16)14(12)13(10)11-5-3-2-4-6-11/h2-8,10,12H,9H2,1H3/t10-,12-/m1/s1. The third-order valence-electron chi connectivity index (χ3n) is 3.45. The molecule has 17 heavy (non-hydrogen) atoms. The van der Waals surface area contributed by atoms with Crippen LogP contribution in [0, 0.1) is 11.8 Å². The lowest BCUT2D eigenvalue weighted by atomic mass is 9.80. The number of ether oxygens (including phenoxy) is 1.